The van der Waals surface area contributed by atoms with E-state index in [1.165, 1.54) is 51.7 Å². The van der Waals surface area contributed by atoms with Crippen molar-refractivity contribution in [2.75, 3.05) is 19.6 Å². The van der Waals surface area contributed by atoms with Crippen LogP contribution >= 0.6 is 0 Å². The van der Waals surface area contributed by atoms with Crippen molar-refractivity contribution in [2.45, 2.75) is 65.0 Å². The number of likely N-dealkylation sites (tertiary alicyclic amines) is 1. The molecule has 2 unspecified atom stereocenters. The molecule has 2 heteroatoms. The van der Waals surface area contributed by atoms with Crippen LogP contribution < -0.4 is 5.32 Å². The predicted octanol–water partition coefficient (Wildman–Crippen LogP) is 2.64. The zero-order chi connectivity index (χ0) is 11.1. The molecule has 0 aromatic rings. The summed E-state index contributed by atoms with van der Waals surface area (Å²) in [7, 11) is 0. The minimum Gasteiger partial charge on any atom is -0.314 e. The molecule has 2 atom stereocenters. The van der Waals surface area contributed by atoms with E-state index in [1.54, 1.807) is 0 Å². The number of rotatable bonds is 6. The van der Waals surface area contributed by atoms with Crippen molar-refractivity contribution < 1.29 is 0 Å². The van der Waals surface area contributed by atoms with Gasteiger partial charge in [-0.1, -0.05) is 20.3 Å². The Morgan fingerprint density at radius 1 is 1.27 bits per heavy atom. The third-order valence-electron chi connectivity index (χ3n) is 3.50. The molecule has 90 valence electrons. The molecule has 1 rings (SSSR count). The van der Waals surface area contributed by atoms with Crippen LogP contribution in [0.15, 0.2) is 0 Å². The fourth-order valence-electron chi connectivity index (χ4n) is 2.45. The number of piperidine rings is 1. The number of hydrogen-bond donors (Lipinski definition) is 1. The fraction of sp³-hybridized carbons (Fsp3) is 1.00. The molecule has 1 saturated heterocycles. The maximum absolute atomic E-state index is 3.65. The van der Waals surface area contributed by atoms with Crippen LogP contribution in [0.5, 0.6) is 0 Å². The molecule has 0 saturated carbocycles. The van der Waals surface area contributed by atoms with E-state index < -0.39 is 0 Å². The van der Waals surface area contributed by atoms with Crippen LogP contribution in [0.4, 0.5) is 0 Å². The highest BCUT2D eigenvalue weighted by Crippen LogP contribution is 2.17. The Morgan fingerprint density at radius 2 is 2.07 bits per heavy atom. The summed E-state index contributed by atoms with van der Waals surface area (Å²) in [5, 5.41) is 3.65. The van der Waals surface area contributed by atoms with Gasteiger partial charge in [-0.15, -0.1) is 0 Å². The highest BCUT2D eigenvalue weighted by atomic mass is 15.2. The first-order chi connectivity index (χ1) is 7.27. The molecular formula is C13H28N2. The molecule has 0 aromatic carbocycles. The molecule has 1 heterocycles. The second-order valence-corrected chi connectivity index (χ2v) is 4.91. The van der Waals surface area contributed by atoms with Crippen molar-refractivity contribution in [3.05, 3.63) is 0 Å². The van der Waals surface area contributed by atoms with Gasteiger partial charge in [0, 0.05) is 12.1 Å². The van der Waals surface area contributed by atoms with Crippen LogP contribution in [0, 0.1) is 0 Å². The van der Waals surface area contributed by atoms with Gasteiger partial charge in [-0.3, -0.25) is 0 Å². The van der Waals surface area contributed by atoms with E-state index in [-0.39, 0.29) is 0 Å². The molecule has 15 heavy (non-hydrogen) atoms. The Morgan fingerprint density at radius 3 is 2.67 bits per heavy atom. The van der Waals surface area contributed by atoms with E-state index >= 15 is 0 Å². The molecule has 0 radical (unpaired) electrons. The van der Waals surface area contributed by atoms with Gasteiger partial charge in [-0.05, 0) is 52.2 Å². The minimum absolute atomic E-state index is 0.776. The van der Waals surface area contributed by atoms with Crippen LogP contribution in [0.3, 0.4) is 0 Å². The number of nitrogens with one attached hydrogen (secondary N) is 1. The van der Waals surface area contributed by atoms with Gasteiger partial charge in [-0.25, -0.2) is 0 Å². The van der Waals surface area contributed by atoms with Crippen molar-refractivity contribution in [2.24, 2.45) is 0 Å². The number of nitrogens with zero attached hydrogens (tertiary/aromatic N) is 1. The third kappa shape index (κ3) is 4.52. The Kier molecular flexibility index (Phi) is 6.26. The van der Waals surface area contributed by atoms with Crippen molar-refractivity contribution in [1.29, 1.82) is 0 Å². The fourth-order valence-corrected chi connectivity index (χ4v) is 2.45. The van der Waals surface area contributed by atoms with Crippen LogP contribution in [0.2, 0.25) is 0 Å². The summed E-state index contributed by atoms with van der Waals surface area (Å²) in [6.07, 6.45) is 6.61. The second kappa shape index (κ2) is 7.24. The van der Waals surface area contributed by atoms with Crippen molar-refractivity contribution in [1.82, 2.24) is 10.2 Å². The van der Waals surface area contributed by atoms with Gasteiger partial charge in [0.25, 0.3) is 0 Å². The summed E-state index contributed by atoms with van der Waals surface area (Å²) in [5.74, 6) is 0. The molecular weight excluding hydrogens is 184 g/mol. The predicted molar refractivity (Wildman–Crippen MR) is 67.3 cm³/mol. The quantitative estimate of drug-likeness (QED) is 0.728. The Bertz CT molecular complexity index is 159. The summed E-state index contributed by atoms with van der Waals surface area (Å²) >= 11 is 0. The monoisotopic (exact) mass is 212 g/mol. The normalized spacial score (nSPS) is 28.2. The first-order valence-corrected chi connectivity index (χ1v) is 6.75. The highest BCUT2D eigenvalue weighted by Gasteiger charge is 2.23. The molecule has 1 aliphatic heterocycles. The highest BCUT2D eigenvalue weighted by molar-refractivity contribution is 4.82. The Hall–Kier alpha value is -0.0800. The van der Waals surface area contributed by atoms with Gasteiger partial charge in [0.1, 0.15) is 0 Å². The third-order valence-corrected chi connectivity index (χ3v) is 3.50. The first kappa shape index (κ1) is 13.0. The molecule has 0 bridgehead atoms. The maximum atomic E-state index is 3.65. The van der Waals surface area contributed by atoms with Crippen molar-refractivity contribution >= 4 is 0 Å². The van der Waals surface area contributed by atoms with E-state index in [0.717, 1.165) is 12.1 Å². The minimum atomic E-state index is 0.776. The standard InChI is InChI=1S/C13H28N2/c1-4-6-9-15-10-7-13(11-12(15)3)14-8-5-2/h12-14H,4-11H2,1-3H3. The van der Waals surface area contributed by atoms with Gasteiger partial charge < -0.3 is 10.2 Å². The van der Waals surface area contributed by atoms with Crippen LogP contribution in [0.25, 0.3) is 0 Å². The zero-order valence-electron chi connectivity index (χ0n) is 10.8. The van der Waals surface area contributed by atoms with Gasteiger partial charge in [0.05, 0.1) is 0 Å². The van der Waals surface area contributed by atoms with E-state index in [9.17, 15) is 0 Å². The molecule has 0 aromatic heterocycles. The van der Waals surface area contributed by atoms with E-state index in [4.69, 9.17) is 0 Å². The molecule has 0 amide bonds. The zero-order valence-corrected chi connectivity index (χ0v) is 10.8. The van der Waals surface area contributed by atoms with Crippen molar-refractivity contribution in [3.8, 4) is 0 Å². The average Bonchev–Trinajstić information content (AvgIpc) is 2.25. The van der Waals surface area contributed by atoms with Gasteiger partial charge in [0.2, 0.25) is 0 Å². The molecule has 0 spiro atoms. The summed E-state index contributed by atoms with van der Waals surface area (Å²) in [6, 6.07) is 1.55. The lowest BCUT2D eigenvalue weighted by atomic mass is 9.98. The van der Waals surface area contributed by atoms with Crippen LogP contribution in [-0.4, -0.2) is 36.6 Å². The molecule has 1 aliphatic rings. The maximum Gasteiger partial charge on any atom is 0.00940 e. The molecule has 2 nitrogen and oxygen atoms in total. The van der Waals surface area contributed by atoms with Gasteiger partial charge in [-0.2, -0.15) is 0 Å². The van der Waals surface area contributed by atoms with Crippen LogP contribution in [-0.2, 0) is 0 Å². The summed E-state index contributed by atoms with van der Waals surface area (Å²) in [5.41, 5.74) is 0. The molecule has 1 N–H and O–H groups in total. The smallest absolute Gasteiger partial charge is 0.00940 e. The van der Waals surface area contributed by atoms with E-state index in [2.05, 4.69) is 31.0 Å². The van der Waals surface area contributed by atoms with E-state index in [0.29, 0.717) is 0 Å². The Labute approximate surface area is 95.4 Å². The van der Waals surface area contributed by atoms with E-state index in [1.807, 2.05) is 0 Å². The summed E-state index contributed by atoms with van der Waals surface area (Å²) in [4.78, 5) is 2.66. The van der Waals surface area contributed by atoms with Gasteiger partial charge >= 0.3 is 0 Å². The van der Waals surface area contributed by atoms with Gasteiger partial charge in [0.15, 0.2) is 0 Å². The topological polar surface area (TPSA) is 15.3 Å². The average molecular weight is 212 g/mol. The number of hydrogen-bond acceptors (Lipinski definition) is 2. The summed E-state index contributed by atoms with van der Waals surface area (Å²) < 4.78 is 0. The molecule has 0 aliphatic carbocycles. The van der Waals surface area contributed by atoms with Crippen molar-refractivity contribution in [3.63, 3.8) is 0 Å². The lowest BCUT2D eigenvalue weighted by Crippen LogP contribution is -2.47. The molecule has 1 fully saturated rings. The second-order valence-electron chi connectivity index (χ2n) is 4.91. The van der Waals surface area contributed by atoms with Crippen LogP contribution in [0.1, 0.15) is 52.9 Å². The lowest BCUT2D eigenvalue weighted by molar-refractivity contribution is 0.134. The Balaban J connectivity index is 2.21. The largest absolute Gasteiger partial charge is 0.314 e. The first-order valence-electron chi connectivity index (χ1n) is 6.75. The lowest BCUT2D eigenvalue weighted by Gasteiger charge is -2.38. The number of unbranched alkanes of at least 4 members (excludes halogenated alkanes) is 1. The SMILES string of the molecule is CCCCN1CCC(NCCC)CC1C. The summed E-state index contributed by atoms with van der Waals surface area (Å²) in [6.45, 7) is 10.7.